The topological polar surface area (TPSA) is 79.7 Å². The van der Waals surface area contributed by atoms with Crippen molar-refractivity contribution >= 4 is 44.0 Å². The highest BCUT2D eigenvalue weighted by Crippen LogP contribution is 2.37. The Morgan fingerprint density at radius 1 is 1.10 bits per heavy atom. The number of nitrogens with two attached hydrogens (primary N) is 1. The van der Waals surface area contributed by atoms with Gasteiger partial charge in [-0.25, -0.2) is 4.98 Å². The molecule has 0 atom stereocenters. The molecule has 0 spiro atoms. The number of nitrogens with zero attached hydrogens (tertiary/aromatic N) is 4. The highest BCUT2D eigenvalue weighted by molar-refractivity contribution is 9.10. The minimum absolute atomic E-state index is 0.284. The van der Waals surface area contributed by atoms with E-state index in [9.17, 15) is 5.11 Å². The SMILES string of the molecule is CC(C)(O)C1CCN(c2nc3c(-c4ccc5ccccc5c4)cnn3c(N)c2Br)CC1. The predicted octanol–water partition coefficient (Wildman–Crippen LogP) is 4.88. The van der Waals surface area contributed by atoms with Gasteiger partial charge < -0.3 is 15.7 Å². The Bertz CT molecular complexity index is 1270. The first-order valence-electron chi connectivity index (χ1n) is 10.6. The van der Waals surface area contributed by atoms with Crippen LogP contribution in [0.3, 0.4) is 0 Å². The summed E-state index contributed by atoms with van der Waals surface area (Å²) in [4.78, 5) is 7.25. The quantitative estimate of drug-likeness (QED) is 0.437. The summed E-state index contributed by atoms with van der Waals surface area (Å²) in [5.74, 6) is 1.66. The number of nitrogen functional groups attached to an aromatic ring is 1. The molecule has 1 fully saturated rings. The number of aliphatic hydroxyl groups is 1. The van der Waals surface area contributed by atoms with Gasteiger partial charge in [-0.05, 0) is 70.9 Å². The molecule has 2 aromatic heterocycles. The van der Waals surface area contributed by atoms with E-state index in [2.05, 4.69) is 56.3 Å². The van der Waals surface area contributed by atoms with Crippen LogP contribution in [0.5, 0.6) is 0 Å². The molecular formula is C24H26BrN5O. The maximum Gasteiger partial charge on any atom is 0.167 e. The van der Waals surface area contributed by atoms with Crippen molar-refractivity contribution in [3.05, 3.63) is 53.1 Å². The Morgan fingerprint density at radius 2 is 1.81 bits per heavy atom. The van der Waals surface area contributed by atoms with Crippen molar-refractivity contribution in [2.75, 3.05) is 23.7 Å². The Hall–Kier alpha value is -2.64. The van der Waals surface area contributed by atoms with Gasteiger partial charge >= 0.3 is 0 Å². The van der Waals surface area contributed by atoms with Gasteiger partial charge in [0.25, 0.3) is 0 Å². The normalized spacial score (nSPS) is 15.8. The second-order valence-electron chi connectivity index (χ2n) is 8.91. The van der Waals surface area contributed by atoms with Crippen LogP contribution in [0.25, 0.3) is 27.5 Å². The molecule has 3 heterocycles. The van der Waals surface area contributed by atoms with Gasteiger partial charge in [-0.2, -0.15) is 9.61 Å². The van der Waals surface area contributed by atoms with Gasteiger partial charge in [-0.3, -0.25) is 0 Å². The molecule has 1 aliphatic rings. The van der Waals surface area contributed by atoms with E-state index in [4.69, 9.17) is 10.7 Å². The number of rotatable bonds is 3. The molecule has 5 rings (SSSR count). The molecule has 2 aromatic carbocycles. The molecule has 4 aromatic rings. The summed E-state index contributed by atoms with van der Waals surface area (Å²) in [6, 6.07) is 14.7. The van der Waals surface area contributed by atoms with Crippen LogP contribution < -0.4 is 10.6 Å². The summed E-state index contributed by atoms with van der Waals surface area (Å²) < 4.78 is 2.46. The zero-order valence-electron chi connectivity index (χ0n) is 17.7. The minimum Gasteiger partial charge on any atom is -0.390 e. The van der Waals surface area contributed by atoms with Crippen LogP contribution in [-0.4, -0.2) is 38.4 Å². The summed E-state index contributed by atoms with van der Waals surface area (Å²) in [6.45, 7) is 5.45. The number of hydrogen-bond donors (Lipinski definition) is 2. The van der Waals surface area contributed by atoms with Crippen molar-refractivity contribution in [1.29, 1.82) is 0 Å². The van der Waals surface area contributed by atoms with Crippen LogP contribution in [-0.2, 0) is 0 Å². The molecule has 0 aliphatic carbocycles. The summed E-state index contributed by atoms with van der Waals surface area (Å²) in [5, 5.41) is 17.3. The Kier molecular flexibility index (Phi) is 4.90. The average Bonchev–Trinajstić information content (AvgIpc) is 3.19. The summed E-state index contributed by atoms with van der Waals surface area (Å²) in [6.07, 6.45) is 3.67. The monoisotopic (exact) mass is 479 g/mol. The number of anilines is 2. The van der Waals surface area contributed by atoms with Gasteiger partial charge in [0.05, 0.1) is 11.8 Å². The second kappa shape index (κ2) is 7.50. The number of benzene rings is 2. The molecule has 160 valence electrons. The lowest BCUT2D eigenvalue weighted by Crippen LogP contribution is -2.42. The third kappa shape index (κ3) is 3.55. The van der Waals surface area contributed by atoms with E-state index in [0.29, 0.717) is 5.82 Å². The third-order valence-electron chi connectivity index (χ3n) is 6.46. The van der Waals surface area contributed by atoms with Crippen LogP contribution in [0.4, 0.5) is 11.6 Å². The van der Waals surface area contributed by atoms with E-state index >= 15 is 0 Å². The van der Waals surface area contributed by atoms with Crippen molar-refractivity contribution < 1.29 is 5.11 Å². The van der Waals surface area contributed by atoms with Crippen LogP contribution in [0.2, 0.25) is 0 Å². The Morgan fingerprint density at radius 3 is 2.52 bits per heavy atom. The standard InChI is InChI=1S/C24H26BrN5O/c1-24(2,31)18-9-11-29(12-10-18)23-20(25)21(26)30-22(28-23)19(14-27-30)17-8-7-15-5-3-4-6-16(15)13-17/h3-8,13-14,18,31H,9-12,26H2,1-2H3. The minimum atomic E-state index is -0.658. The molecular weight excluding hydrogens is 454 g/mol. The molecule has 7 heteroatoms. The number of halogens is 1. The fraction of sp³-hybridized carbons (Fsp3) is 0.333. The van der Waals surface area contributed by atoms with Gasteiger partial charge in [0.15, 0.2) is 5.65 Å². The first kappa shape index (κ1) is 20.3. The lowest BCUT2D eigenvalue weighted by molar-refractivity contribution is 0.00645. The van der Waals surface area contributed by atoms with Crippen LogP contribution in [0.1, 0.15) is 26.7 Å². The van der Waals surface area contributed by atoms with E-state index in [1.165, 1.54) is 10.8 Å². The first-order chi connectivity index (χ1) is 14.8. The van der Waals surface area contributed by atoms with Gasteiger partial charge in [0.1, 0.15) is 16.1 Å². The van der Waals surface area contributed by atoms with Crippen LogP contribution in [0, 0.1) is 5.92 Å². The lowest BCUT2D eigenvalue weighted by atomic mass is 9.83. The molecule has 0 bridgehead atoms. The highest BCUT2D eigenvalue weighted by Gasteiger charge is 2.32. The van der Waals surface area contributed by atoms with Crippen LogP contribution in [0.15, 0.2) is 53.1 Å². The maximum absolute atomic E-state index is 10.4. The number of piperidine rings is 1. The van der Waals surface area contributed by atoms with Crippen molar-refractivity contribution in [3.63, 3.8) is 0 Å². The van der Waals surface area contributed by atoms with E-state index < -0.39 is 5.60 Å². The largest absolute Gasteiger partial charge is 0.390 e. The number of hydrogen-bond acceptors (Lipinski definition) is 5. The van der Waals surface area contributed by atoms with Crippen LogP contribution >= 0.6 is 15.9 Å². The predicted molar refractivity (Wildman–Crippen MR) is 129 cm³/mol. The number of aromatic nitrogens is 3. The number of fused-ring (bicyclic) bond motifs is 2. The maximum atomic E-state index is 10.4. The lowest BCUT2D eigenvalue weighted by Gasteiger charge is -2.38. The summed E-state index contributed by atoms with van der Waals surface area (Å²) in [5.41, 5.74) is 8.56. The second-order valence-corrected chi connectivity index (χ2v) is 9.70. The first-order valence-corrected chi connectivity index (χ1v) is 11.4. The summed E-state index contributed by atoms with van der Waals surface area (Å²) >= 11 is 3.65. The van der Waals surface area contributed by atoms with E-state index in [1.54, 1.807) is 4.52 Å². The molecule has 3 N–H and O–H groups in total. The Labute approximate surface area is 189 Å². The molecule has 31 heavy (non-hydrogen) atoms. The van der Waals surface area contributed by atoms with E-state index in [1.807, 2.05) is 32.2 Å². The molecule has 0 unspecified atom stereocenters. The molecule has 1 aliphatic heterocycles. The Balaban J connectivity index is 1.56. The van der Waals surface area contributed by atoms with Crippen molar-refractivity contribution in [2.45, 2.75) is 32.3 Å². The van der Waals surface area contributed by atoms with Gasteiger partial charge in [-0.1, -0.05) is 36.4 Å². The van der Waals surface area contributed by atoms with E-state index in [0.717, 1.165) is 53.0 Å². The zero-order chi connectivity index (χ0) is 21.8. The van der Waals surface area contributed by atoms with Crippen molar-refractivity contribution in [1.82, 2.24) is 14.6 Å². The fourth-order valence-corrected chi connectivity index (χ4v) is 5.06. The van der Waals surface area contributed by atoms with Gasteiger partial charge in [0.2, 0.25) is 0 Å². The van der Waals surface area contributed by atoms with Gasteiger partial charge in [0, 0.05) is 18.7 Å². The molecule has 6 nitrogen and oxygen atoms in total. The molecule has 0 radical (unpaired) electrons. The average molecular weight is 480 g/mol. The molecule has 0 saturated carbocycles. The fourth-order valence-electron chi connectivity index (χ4n) is 4.55. The van der Waals surface area contributed by atoms with Crippen molar-refractivity contribution in [3.8, 4) is 11.1 Å². The van der Waals surface area contributed by atoms with Gasteiger partial charge in [-0.15, -0.1) is 0 Å². The third-order valence-corrected chi connectivity index (χ3v) is 7.22. The molecule has 1 saturated heterocycles. The van der Waals surface area contributed by atoms with E-state index in [-0.39, 0.29) is 5.92 Å². The smallest absolute Gasteiger partial charge is 0.167 e. The summed E-state index contributed by atoms with van der Waals surface area (Å²) in [7, 11) is 0. The van der Waals surface area contributed by atoms with Crippen molar-refractivity contribution in [2.24, 2.45) is 5.92 Å². The zero-order valence-corrected chi connectivity index (χ0v) is 19.3. The highest BCUT2D eigenvalue weighted by atomic mass is 79.9. The molecule has 0 amide bonds.